The zero-order valence-electron chi connectivity index (χ0n) is 10.9. The van der Waals surface area contributed by atoms with Crippen LogP contribution >= 0.6 is 0 Å². The largest absolute Gasteiger partial charge is 0.328 e. The highest BCUT2D eigenvalue weighted by molar-refractivity contribution is 4.88. The third kappa shape index (κ3) is 2.76. The molecule has 2 aliphatic rings. The minimum atomic E-state index is 0.442. The highest BCUT2D eigenvalue weighted by Gasteiger charge is 2.31. The van der Waals surface area contributed by atoms with E-state index < -0.39 is 0 Å². The molecule has 2 aliphatic heterocycles. The topological polar surface area (TPSA) is 32.5 Å². The number of likely N-dealkylation sites (N-methyl/N-ethyl adjacent to an activating group) is 1. The molecule has 0 saturated carbocycles. The Hall–Kier alpha value is -0.120. The van der Waals surface area contributed by atoms with Crippen molar-refractivity contribution in [3.8, 4) is 0 Å². The number of hydrogen-bond donors (Lipinski definition) is 1. The number of hydrogen-bond acceptors (Lipinski definition) is 3. The van der Waals surface area contributed by atoms with Gasteiger partial charge in [0.05, 0.1) is 0 Å². The minimum Gasteiger partial charge on any atom is -0.328 e. The van der Waals surface area contributed by atoms with E-state index in [0.29, 0.717) is 12.1 Å². The second-order valence-electron chi connectivity index (χ2n) is 5.56. The average molecular weight is 225 g/mol. The van der Waals surface area contributed by atoms with Gasteiger partial charge in [0.25, 0.3) is 0 Å². The van der Waals surface area contributed by atoms with E-state index in [-0.39, 0.29) is 0 Å². The second-order valence-corrected chi connectivity index (χ2v) is 5.56. The number of rotatable bonds is 2. The Labute approximate surface area is 100.0 Å². The molecule has 0 aromatic heterocycles. The Balaban J connectivity index is 1.90. The third-order valence-corrected chi connectivity index (χ3v) is 4.36. The van der Waals surface area contributed by atoms with Crippen LogP contribution in [0.1, 0.15) is 39.5 Å². The fourth-order valence-electron chi connectivity index (χ4n) is 3.36. The molecule has 3 unspecified atom stereocenters. The number of likely N-dealkylation sites (tertiary alicyclic amines) is 2. The molecule has 2 rings (SSSR count). The zero-order chi connectivity index (χ0) is 11.5. The van der Waals surface area contributed by atoms with Gasteiger partial charge in [0.2, 0.25) is 0 Å². The molecule has 3 atom stereocenters. The fourth-order valence-corrected chi connectivity index (χ4v) is 3.36. The molecule has 0 amide bonds. The summed E-state index contributed by atoms with van der Waals surface area (Å²) >= 11 is 0. The summed E-state index contributed by atoms with van der Waals surface area (Å²) in [6, 6.07) is 1.92. The lowest BCUT2D eigenvalue weighted by atomic mass is 9.94. The lowest BCUT2D eigenvalue weighted by Crippen LogP contribution is -2.55. The highest BCUT2D eigenvalue weighted by atomic mass is 15.2. The van der Waals surface area contributed by atoms with Gasteiger partial charge >= 0.3 is 0 Å². The monoisotopic (exact) mass is 225 g/mol. The van der Waals surface area contributed by atoms with Crippen LogP contribution in [0.4, 0.5) is 0 Å². The molecule has 0 spiro atoms. The Morgan fingerprint density at radius 3 is 2.75 bits per heavy atom. The molecular weight excluding hydrogens is 198 g/mol. The van der Waals surface area contributed by atoms with Crippen LogP contribution < -0.4 is 5.73 Å². The van der Waals surface area contributed by atoms with Crippen LogP contribution in [-0.4, -0.2) is 54.1 Å². The Bertz CT molecular complexity index is 219. The Morgan fingerprint density at radius 2 is 2.06 bits per heavy atom. The summed E-state index contributed by atoms with van der Waals surface area (Å²) in [6.07, 6.45) is 5.12. The lowest BCUT2D eigenvalue weighted by molar-refractivity contribution is 0.0461. The summed E-state index contributed by atoms with van der Waals surface area (Å²) in [4.78, 5) is 5.31. The molecule has 2 saturated heterocycles. The first-order valence-electron chi connectivity index (χ1n) is 6.94. The smallest absolute Gasteiger partial charge is 0.0226 e. The van der Waals surface area contributed by atoms with Crippen LogP contribution in [0.25, 0.3) is 0 Å². The van der Waals surface area contributed by atoms with E-state index in [1.807, 2.05) is 0 Å². The van der Waals surface area contributed by atoms with Crippen LogP contribution in [0.3, 0.4) is 0 Å². The molecule has 0 bridgehead atoms. The first-order chi connectivity index (χ1) is 7.70. The minimum absolute atomic E-state index is 0.442. The summed E-state index contributed by atoms with van der Waals surface area (Å²) < 4.78 is 0. The number of piperidine rings is 2. The molecule has 0 aliphatic carbocycles. The lowest BCUT2D eigenvalue weighted by Gasteiger charge is -2.45. The van der Waals surface area contributed by atoms with Gasteiger partial charge in [0, 0.05) is 31.2 Å². The van der Waals surface area contributed by atoms with Crippen molar-refractivity contribution in [2.75, 3.05) is 26.2 Å². The molecule has 94 valence electrons. The fraction of sp³-hybridized carbons (Fsp3) is 1.00. The maximum atomic E-state index is 6.03. The molecular formula is C13H27N3. The van der Waals surface area contributed by atoms with Crippen molar-refractivity contribution < 1.29 is 0 Å². The van der Waals surface area contributed by atoms with Crippen molar-refractivity contribution >= 4 is 0 Å². The van der Waals surface area contributed by atoms with Crippen molar-refractivity contribution in [1.82, 2.24) is 9.80 Å². The predicted octanol–water partition coefficient (Wildman–Crippen LogP) is 1.28. The third-order valence-electron chi connectivity index (χ3n) is 4.36. The molecule has 2 fully saturated rings. The predicted molar refractivity (Wildman–Crippen MR) is 68.5 cm³/mol. The molecule has 0 radical (unpaired) electrons. The van der Waals surface area contributed by atoms with Gasteiger partial charge in [0.1, 0.15) is 0 Å². The second kappa shape index (κ2) is 5.48. The molecule has 16 heavy (non-hydrogen) atoms. The molecule has 3 heteroatoms. The molecule has 0 aromatic carbocycles. The van der Waals surface area contributed by atoms with E-state index in [1.165, 1.54) is 51.9 Å². The van der Waals surface area contributed by atoms with Gasteiger partial charge in [-0.3, -0.25) is 4.90 Å². The van der Waals surface area contributed by atoms with E-state index in [9.17, 15) is 0 Å². The SMILES string of the molecule is CCN1CCCC(N2CCC(N)CC2C)C1. The van der Waals surface area contributed by atoms with Crippen molar-refractivity contribution in [1.29, 1.82) is 0 Å². The van der Waals surface area contributed by atoms with Crippen molar-refractivity contribution in [2.45, 2.75) is 57.7 Å². The summed E-state index contributed by atoms with van der Waals surface area (Å²) in [5.74, 6) is 0. The van der Waals surface area contributed by atoms with Gasteiger partial charge in [-0.15, -0.1) is 0 Å². The first-order valence-corrected chi connectivity index (χ1v) is 6.94. The standard InChI is InChI=1S/C13H27N3/c1-3-15-7-4-5-13(10-15)16-8-6-12(14)9-11(16)2/h11-13H,3-10,14H2,1-2H3. The number of nitrogens with zero attached hydrogens (tertiary/aromatic N) is 2. The number of nitrogens with two attached hydrogens (primary N) is 1. The zero-order valence-corrected chi connectivity index (χ0v) is 10.9. The maximum absolute atomic E-state index is 6.03. The Kier molecular flexibility index (Phi) is 4.22. The molecule has 2 heterocycles. The van der Waals surface area contributed by atoms with Crippen LogP contribution in [0.5, 0.6) is 0 Å². The van der Waals surface area contributed by atoms with Crippen molar-refractivity contribution in [3.63, 3.8) is 0 Å². The molecule has 0 aromatic rings. The van der Waals surface area contributed by atoms with Gasteiger partial charge in [-0.1, -0.05) is 6.92 Å². The van der Waals surface area contributed by atoms with Crippen molar-refractivity contribution in [3.05, 3.63) is 0 Å². The van der Waals surface area contributed by atoms with Gasteiger partial charge in [-0.05, 0) is 45.7 Å². The quantitative estimate of drug-likeness (QED) is 0.768. The first kappa shape index (κ1) is 12.3. The van der Waals surface area contributed by atoms with Gasteiger partial charge in [0.15, 0.2) is 0 Å². The van der Waals surface area contributed by atoms with Crippen molar-refractivity contribution in [2.24, 2.45) is 5.73 Å². The summed E-state index contributed by atoms with van der Waals surface area (Å²) in [5.41, 5.74) is 6.03. The van der Waals surface area contributed by atoms with Crippen LogP contribution in [0, 0.1) is 0 Å². The van der Waals surface area contributed by atoms with Gasteiger partial charge in [-0.2, -0.15) is 0 Å². The summed E-state index contributed by atoms with van der Waals surface area (Å²) in [6.45, 7) is 9.62. The maximum Gasteiger partial charge on any atom is 0.0226 e. The van der Waals surface area contributed by atoms with Crippen LogP contribution in [0.15, 0.2) is 0 Å². The van der Waals surface area contributed by atoms with Gasteiger partial charge < -0.3 is 10.6 Å². The summed E-state index contributed by atoms with van der Waals surface area (Å²) in [5, 5.41) is 0. The van der Waals surface area contributed by atoms with E-state index in [2.05, 4.69) is 23.6 Å². The summed E-state index contributed by atoms with van der Waals surface area (Å²) in [7, 11) is 0. The van der Waals surface area contributed by atoms with Gasteiger partial charge in [-0.25, -0.2) is 0 Å². The van der Waals surface area contributed by atoms with E-state index in [4.69, 9.17) is 5.73 Å². The van der Waals surface area contributed by atoms with Crippen LogP contribution in [-0.2, 0) is 0 Å². The highest BCUT2D eigenvalue weighted by Crippen LogP contribution is 2.23. The van der Waals surface area contributed by atoms with E-state index in [0.717, 1.165) is 6.04 Å². The molecule has 3 nitrogen and oxygen atoms in total. The van der Waals surface area contributed by atoms with E-state index in [1.54, 1.807) is 0 Å². The van der Waals surface area contributed by atoms with E-state index >= 15 is 0 Å². The average Bonchev–Trinajstić information content (AvgIpc) is 2.29. The normalized spacial score (nSPS) is 38.8. The Morgan fingerprint density at radius 1 is 1.25 bits per heavy atom. The van der Waals surface area contributed by atoms with Crippen LogP contribution in [0.2, 0.25) is 0 Å². The molecule has 2 N–H and O–H groups in total.